The van der Waals surface area contributed by atoms with Gasteiger partial charge in [-0.1, -0.05) is 12.1 Å². The van der Waals surface area contributed by atoms with Gasteiger partial charge >= 0.3 is 5.69 Å². The molecule has 2 N–H and O–H groups in total. The molecule has 1 unspecified atom stereocenters. The van der Waals surface area contributed by atoms with Gasteiger partial charge in [-0.2, -0.15) is 5.10 Å². The molecule has 4 rings (SSSR count). The lowest BCUT2D eigenvalue weighted by molar-refractivity contribution is -0.384. The Morgan fingerprint density at radius 2 is 1.78 bits per heavy atom. The SMILES string of the molecule is Cc1[nH]nc2c1C(c1ccc([N+](=O)[O-])cc1)c1c(n(C)c(=O)n(C)c1=O)N2. The second-order valence-corrected chi connectivity index (χ2v) is 6.49. The van der Waals surface area contributed by atoms with Crippen molar-refractivity contribution in [1.82, 2.24) is 19.3 Å². The summed E-state index contributed by atoms with van der Waals surface area (Å²) in [7, 11) is 3.00. The van der Waals surface area contributed by atoms with Crippen molar-refractivity contribution in [2.75, 3.05) is 5.32 Å². The average Bonchev–Trinajstić information content (AvgIpc) is 3.04. The third kappa shape index (κ3) is 2.30. The van der Waals surface area contributed by atoms with Crippen molar-refractivity contribution in [2.45, 2.75) is 12.8 Å². The molecule has 10 heteroatoms. The van der Waals surface area contributed by atoms with E-state index in [9.17, 15) is 19.7 Å². The second kappa shape index (κ2) is 5.66. The van der Waals surface area contributed by atoms with Gasteiger partial charge in [0.05, 0.1) is 10.5 Å². The van der Waals surface area contributed by atoms with Gasteiger partial charge < -0.3 is 5.32 Å². The number of rotatable bonds is 2. The zero-order chi connectivity index (χ0) is 19.5. The highest BCUT2D eigenvalue weighted by Gasteiger charge is 2.35. The van der Waals surface area contributed by atoms with E-state index in [0.717, 1.165) is 15.8 Å². The summed E-state index contributed by atoms with van der Waals surface area (Å²) in [6, 6.07) is 6.05. The van der Waals surface area contributed by atoms with Crippen LogP contribution in [0.4, 0.5) is 17.3 Å². The van der Waals surface area contributed by atoms with Crippen molar-refractivity contribution in [3.63, 3.8) is 0 Å². The molecule has 0 radical (unpaired) electrons. The molecule has 0 saturated heterocycles. The number of aromatic nitrogens is 4. The maximum absolute atomic E-state index is 13.0. The van der Waals surface area contributed by atoms with Gasteiger partial charge in [0.25, 0.3) is 11.2 Å². The van der Waals surface area contributed by atoms with Gasteiger partial charge in [-0.05, 0) is 12.5 Å². The highest BCUT2D eigenvalue weighted by molar-refractivity contribution is 5.71. The molecule has 1 atom stereocenters. The zero-order valence-electron chi connectivity index (χ0n) is 14.8. The van der Waals surface area contributed by atoms with E-state index >= 15 is 0 Å². The summed E-state index contributed by atoms with van der Waals surface area (Å²) in [6.07, 6.45) is 0. The molecule has 0 aliphatic carbocycles. The summed E-state index contributed by atoms with van der Waals surface area (Å²) in [5, 5.41) is 21.2. The fourth-order valence-corrected chi connectivity index (χ4v) is 3.55. The number of aromatic amines is 1. The summed E-state index contributed by atoms with van der Waals surface area (Å²) in [5.74, 6) is 0.373. The topological polar surface area (TPSA) is 128 Å². The number of H-pyrrole nitrogens is 1. The molecular formula is C17H16N6O4. The normalized spacial score (nSPS) is 15.0. The number of hydrogen-bond donors (Lipinski definition) is 2. The number of hydrogen-bond acceptors (Lipinski definition) is 6. The molecule has 1 aromatic carbocycles. The molecule has 0 spiro atoms. The van der Waals surface area contributed by atoms with Crippen molar-refractivity contribution in [3.8, 4) is 0 Å². The largest absolute Gasteiger partial charge is 0.332 e. The first-order valence-corrected chi connectivity index (χ1v) is 8.17. The Kier molecular flexibility index (Phi) is 3.51. The summed E-state index contributed by atoms with van der Waals surface area (Å²) < 4.78 is 2.42. The van der Waals surface area contributed by atoms with Crippen molar-refractivity contribution in [2.24, 2.45) is 14.1 Å². The van der Waals surface area contributed by atoms with E-state index in [0.29, 0.717) is 22.8 Å². The highest BCUT2D eigenvalue weighted by atomic mass is 16.6. The quantitative estimate of drug-likeness (QED) is 0.405. The predicted molar refractivity (Wildman–Crippen MR) is 97.6 cm³/mol. The lowest BCUT2D eigenvalue weighted by Gasteiger charge is -2.28. The van der Waals surface area contributed by atoms with Crippen molar-refractivity contribution in [1.29, 1.82) is 0 Å². The van der Waals surface area contributed by atoms with Gasteiger partial charge in [-0.3, -0.25) is 29.1 Å². The number of anilines is 2. The minimum absolute atomic E-state index is 0.0367. The lowest BCUT2D eigenvalue weighted by Crippen LogP contribution is -2.42. The van der Waals surface area contributed by atoms with Crippen LogP contribution in [0.1, 0.15) is 28.3 Å². The minimum atomic E-state index is -0.513. The van der Waals surface area contributed by atoms with E-state index < -0.39 is 22.1 Å². The molecule has 1 aliphatic heterocycles. The summed E-state index contributed by atoms with van der Waals surface area (Å²) in [4.78, 5) is 35.8. The first-order chi connectivity index (χ1) is 12.8. The van der Waals surface area contributed by atoms with Crippen LogP contribution >= 0.6 is 0 Å². The first kappa shape index (κ1) is 16.8. The number of nitrogens with one attached hydrogen (secondary N) is 2. The molecule has 0 amide bonds. The smallest absolute Gasteiger partial charge is 0.324 e. The number of benzene rings is 1. The molecule has 3 aromatic rings. The van der Waals surface area contributed by atoms with Crippen molar-refractivity contribution in [3.05, 3.63) is 77.6 Å². The maximum Gasteiger partial charge on any atom is 0.332 e. The number of aryl methyl sites for hydroxylation is 1. The van der Waals surface area contributed by atoms with Crippen molar-refractivity contribution < 1.29 is 4.92 Å². The van der Waals surface area contributed by atoms with E-state index in [1.165, 1.54) is 23.7 Å². The van der Waals surface area contributed by atoms with Gasteiger partial charge in [0.2, 0.25) is 0 Å². The van der Waals surface area contributed by atoms with Crippen LogP contribution in [-0.2, 0) is 14.1 Å². The standard InChI is InChI=1S/C17H16N6O4/c1-8-11-12(9-4-6-10(7-5-9)23(26)27)13-15(18-14(11)20-19-8)21(2)17(25)22(3)16(13)24/h4-7,12H,1-3H3,(H2,18,19,20). The van der Waals surface area contributed by atoms with E-state index in [-0.39, 0.29) is 5.69 Å². The molecule has 10 nitrogen and oxygen atoms in total. The number of nitro benzene ring substituents is 1. The van der Waals surface area contributed by atoms with E-state index in [2.05, 4.69) is 15.5 Å². The number of non-ortho nitro benzene ring substituents is 1. The van der Waals surface area contributed by atoms with Gasteiger partial charge in [-0.25, -0.2) is 4.79 Å². The molecule has 138 valence electrons. The average molecular weight is 368 g/mol. The Labute approximate surface area is 152 Å². The maximum atomic E-state index is 13.0. The highest BCUT2D eigenvalue weighted by Crippen LogP contribution is 2.43. The predicted octanol–water partition coefficient (Wildman–Crippen LogP) is 1.26. The molecule has 0 bridgehead atoms. The van der Waals surface area contributed by atoms with Crippen molar-refractivity contribution >= 4 is 17.3 Å². The van der Waals surface area contributed by atoms with Crippen LogP contribution in [0.25, 0.3) is 0 Å². The lowest BCUT2D eigenvalue weighted by atomic mass is 9.83. The fourth-order valence-electron chi connectivity index (χ4n) is 3.55. The second-order valence-electron chi connectivity index (χ2n) is 6.49. The zero-order valence-corrected chi connectivity index (χ0v) is 14.8. The minimum Gasteiger partial charge on any atom is -0.324 e. The Bertz CT molecular complexity index is 1200. The summed E-state index contributed by atoms with van der Waals surface area (Å²) >= 11 is 0. The Morgan fingerprint density at radius 1 is 1.11 bits per heavy atom. The molecule has 0 fully saturated rings. The number of nitro groups is 1. The van der Waals surface area contributed by atoms with Crippen LogP contribution < -0.4 is 16.6 Å². The summed E-state index contributed by atoms with van der Waals surface area (Å²) in [6.45, 7) is 1.84. The molecule has 3 heterocycles. The Morgan fingerprint density at radius 3 is 2.41 bits per heavy atom. The van der Waals surface area contributed by atoms with Gasteiger partial charge in [0.1, 0.15) is 5.82 Å². The van der Waals surface area contributed by atoms with Crippen LogP contribution in [-0.4, -0.2) is 24.3 Å². The number of fused-ring (bicyclic) bond motifs is 2. The fraction of sp³-hybridized carbons (Fsp3) is 0.235. The third-order valence-electron chi connectivity index (χ3n) is 4.95. The van der Waals surface area contributed by atoms with Gasteiger partial charge in [0.15, 0.2) is 5.82 Å². The van der Waals surface area contributed by atoms with Gasteiger partial charge in [-0.15, -0.1) is 0 Å². The van der Waals surface area contributed by atoms with Gasteiger partial charge in [0, 0.05) is 43.4 Å². The van der Waals surface area contributed by atoms with Crippen LogP contribution in [0.2, 0.25) is 0 Å². The molecular weight excluding hydrogens is 352 g/mol. The van der Waals surface area contributed by atoms with E-state index in [1.807, 2.05) is 6.92 Å². The third-order valence-corrected chi connectivity index (χ3v) is 4.95. The van der Waals surface area contributed by atoms with Crippen LogP contribution in [0.5, 0.6) is 0 Å². The Hall–Kier alpha value is -3.69. The van der Waals surface area contributed by atoms with E-state index in [1.54, 1.807) is 19.2 Å². The molecule has 0 saturated carbocycles. The molecule has 27 heavy (non-hydrogen) atoms. The van der Waals surface area contributed by atoms with Crippen LogP contribution in [0, 0.1) is 17.0 Å². The van der Waals surface area contributed by atoms with Crippen LogP contribution in [0.3, 0.4) is 0 Å². The van der Waals surface area contributed by atoms with E-state index in [4.69, 9.17) is 0 Å². The molecule has 1 aliphatic rings. The summed E-state index contributed by atoms with van der Waals surface area (Å²) in [5.41, 5.74) is 1.72. The van der Waals surface area contributed by atoms with Crippen LogP contribution in [0.15, 0.2) is 33.9 Å². The Balaban J connectivity index is 2.05. The molecule has 2 aromatic heterocycles. The number of nitrogens with zero attached hydrogens (tertiary/aromatic N) is 4. The monoisotopic (exact) mass is 368 g/mol. The first-order valence-electron chi connectivity index (χ1n) is 8.17.